The maximum Gasteiger partial charge on any atom is 0.252 e. The van der Waals surface area contributed by atoms with Crippen molar-refractivity contribution in [3.8, 4) is 11.1 Å². The molecule has 1 fully saturated rings. The number of fused-ring (bicyclic) bond motifs is 16. The number of hydrogen-bond acceptors (Lipinski definition) is 5. The molecule has 0 radical (unpaired) electrons. The van der Waals surface area contributed by atoms with Gasteiger partial charge in [-0.05, 0) is 188 Å². The van der Waals surface area contributed by atoms with E-state index in [1.165, 1.54) is 171 Å². The van der Waals surface area contributed by atoms with Crippen molar-refractivity contribution in [2.75, 3.05) is 14.7 Å². The number of hydrogen-bond donors (Lipinski definition) is 0. The Morgan fingerprint density at radius 2 is 0.924 bits per heavy atom. The highest BCUT2D eigenvalue weighted by molar-refractivity contribution is 7.26. The predicted octanol–water partition coefficient (Wildman–Crippen LogP) is 22.5. The monoisotopic (exact) mass is 1230 g/mol. The lowest BCUT2D eigenvalue weighted by atomic mass is 9.32. The second-order valence-corrected chi connectivity index (χ2v) is 34.3. The molecular formula is C86H82BN3S2. The zero-order valence-corrected chi connectivity index (χ0v) is 57.5. The summed E-state index contributed by atoms with van der Waals surface area (Å²) in [7, 11) is 0. The van der Waals surface area contributed by atoms with Crippen molar-refractivity contribution >= 4 is 132 Å². The van der Waals surface area contributed by atoms with Gasteiger partial charge in [0.05, 0.1) is 21.6 Å². The Kier molecular flexibility index (Phi) is 11.7. The van der Waals surface area contributed by atoms with Crippen LogP contribution in [0, 0.1) is 0 Å². The highest BCUT2D eigenvalue weighted by atomic mass is 32.1. The van der Waals surface area contributed by atoms with Gasteiger partial charge < -0.3 is 14.7 Å². The molecule has 0 spiro atoms. The van der Waals surface area contributed by atoms with E-state index in [4.69, 9.17) is 0 Å². The van der Waals surface area contributed by atoms with Crippen LogP contribution in [-0.2, 0) is 32.5 Å². The van der Waals surface area contributed by atoms with E-state index >= 15 is 0 Å². The van der Waals surface area contributed by atoms with Crippen LogP contribution in [0.25, 0.3) is 51.5 Å². The Hall–Kier alpha value is -7.90. The van der Waals surface area contributed by atoms with Gasteiger partial charge in [-0.3, -0.25) is 0 Å². The van der Waals surface area contributed by atoms with Crippen LogP contribution < -0.4 is 31.1 Å². The van der Waals surface area contributed by atoms with Crippen LogP contribution in [0.3, 0.4) is 0 Å². The predicted molar refractivity (Wildman–Crippen MR) is 399 cm³/mol. The molecule has 10 aromatic carbocycles. The van der Waals surface area contributed by atoms with Crippen LogP contribution in [0.4, 0.5) is 45.5 Å². The van der Waals surface area contributed by atoms with Crippen molar-refractivity contribution in [2.24, 2.45) is 0 Å². The van der Waals surface area contributed by atoms with Gasteiger partial charge in [-0.25, -0.2) is 0 Å². The van der Waals surface area contributed by atoms with Gasteiger partial charge >= 0.3 is 0 Å². The molecule has 5 heterocycles. The molecule has 12 aromatic rings. The largest absolute Gasteiger partial charge is 0.334 e. The SMILES string of the molecule is CC(C)(C)c1ccc(-c2ccc3c(c2)C2(C)CCCCC2(C)N3c2cc3c4c(c2)N(c2cccc5sc6ccccc6c25)c2cc5c(cc2B4c2cc4c(cc2N3c2cccc3c2sc2ccccc23)C(C)(C)c2ccccc2C4(C)C)C(C)(C)CCC5(C)C)cc1. The minimum atomic E-state index is -0.274. The van der Waals surface area contributed by atoms with Crippen LogP contribution in [0.1, 0.15) is 173 Å². The highest BCUT2D eigenvalue weighted by Crippen LogP contribution is 2.64. The molecule has 3 nitrogen and oxygen atoms in total. The van der Waals surface area contributed by atoms with Crippen LogP contribution in [-0.4, -0.2) is 12.3 Å². The van der Waals surface area contributed by atoms with Gasteiger partial charge in [0, 0.05) is 86.0 Å². The molecule has 0 N–H and O–H groups in total. The molecule has 6 aliphatic rings. The Labute approximate surface area is 552 Å². The molecule has 18 rings (SSSR count). The van der Waals surface area contributed by atoms with E-state index in [0.717, 1.165) is 25.7 Å². The summed E-state index contributed by atoms with van der Waals surface area (Å²) in [4.78, 5) is 8.49. The first-order valence-corrected chi connectivity index (χ1v) is 35.7. The van der Waals surface area contributed by atoms with Crippen molar-refractivity contribution in [1.82, 2.24) is 0 Å². The summed E-state index contributed by atoms with van der Waals surface area (Å²) in [5, 5.41) is 5.28. The topological polar surface area (TPSA) is 9.72 Å². The number of anilines is 8. The first-order valence-electron chi connectivity index (χ1n) is 34.1. The number of benzene rings is 10. The molecule has 0 amide bonds. The van der Waals surface area contributed by atoms with E-state index in [0.29, 0.717) is 0 Å². The van der Waals surface area contributed by atoms with E-state index in [1.807, 2.05) is 22.7 Å². The molecule has 6 heteroatoms. The second kappa shape index (κ2) is 18.9. The van der Waals surface area contributed by atoms with E-state index in [9.17, 15) is 0 Å². The number of nitrogens with zero attached hydrogens (tertiary/aromatic N) is 3. The highest BCUT2D eigenvalue weighted by Gasteiger charge is 2.59. The van der Waals surface area contributed by atoms with Crippen LogP contribution in [0.5, 0.6) is 0 Å². The summed E-state index contributed by atoms with van der Waals surface area (Å²) in [6.45, 7) is 32.2. The summed E-state index contributed by atoms with van der Waals surface area (Å²) in [5.74, 6) is 0. The molecule has 2 unspecified atom stereocenters. The van der Waals surface area contributed by atoms with Gasteiger partial charge in [0.1, 0.15) is 0 Å². The molecule has 3 aliphatic carbocycles. The van der Waals surface area contributed by atoms with Gasteiger partial charge in [-0.1, -0.05) is 217 Å². The second-order valence-electron chi connectivity index (χ2n) is 32.2. The molecule has 2 aromatic heterocycles. The van der Waals surface area contributed by atoms with Crippen molar-refractivity contribution in [3.05, 3.63) is 233 Å². The van der Waals surface area contributed by atoms with E-state index in [2.05, 4.69) is 293 Å². The Morgan fingerprint density at radius 1 is 0.391 bits per heavy atom. The third-order valence-electron chi connectivity index (χ3n) is 24.5. The molecule has 456 valence electrons. The van der Waals surface area contributed by atoms with Crippen LogP contribution in [0.2, 0.25) is 0 Å². The van der Waals surface area contributed by atoms with Gasteiger partial charge in [-0.2, -0.15) is 0 Å². The summed E-state index contributed by atoms with van der Waals surface area (Å²) in [6, 6.07) is 75.4. The summed E-state index contributed by atoms with van der Waals surface area (Å²) < 4.78 is 5.28. The fourth-order valence-corrected chi connectivity index (χ4v) is 21.3. The van der Waals surface area contributed by atoms with Crippen LogP contribution in [0.15, 0.2) is 188 Å². The average molecular weight is 1230 g/mol. The fraction of sp³-hybridized carbons (Fsp3) is 0.302. The van der Waals surface area contributed by atoms with E-state index in [1.54, 1.807) is 0 Å². The molecule has 0 saturated heterocycles. The van der Waals surface area contributed by atoms with E-state index in [-0.39, 0.29) is 44.7 Å². The van der Waals surface area contributed by atoms with Crippen LogP contribution >= 0.6 is 22.7 Å². The molecule has 2 atom stereocenters. The number of thiophene rings is 2. The zero-order chi connectivity index (χ0) is 63.1. The third kappa shape index (κ3) is 7.57. The average Bonchev–Trinajstić information content (AvgIpc) is 0.972. The third-order valence-corrected chi connectivity index (χ3v) is 26.8. The standard InChI is InChI=1S/C86H82BN3S2/c1-80(2,3)53-37-34-51(35-38-53)52-36-39-67-64(44-52)85(12)40-20-21-41-86(85,13)90(67)54-45-72-78-73(46-54)89(69-30-22-26-56-55-24-14-18-31-74(55)92-79(56)69)71-50-63-62(83(8,9)58-27-16-17-28-59(58)84(63,10)11)48-66(71)87(78)65-47-60-61(82(6,7)43-42-81(60,4)5)49-70(65)88(72)68-29-23-33-76-77(68)57-25-15-19-32-75(57)91-76/h14-19,22-39,44-50H,20-21,40-43H2,1-13H3. The van der Waals surface area contributed by atoms with Gasteiger partial charge in [0.2, 0.25) is 0 Å². The quantitative estimate of drug-likeness (QED) is 0.163. The van der Waals surface area contributed by atoms with Crippen molar-refractivity contribution in [3.63, 3.8) is 0 Å². The molecule has 92 heavy (non-hydrogen) atoms. The normalized spacial score (nSPS) is 21.0. The minimum absolute atomic E-state index is 0.0197. The summed E-state index contributed by atoms with van der Waals surface area (Å²) in [6.07, 6.45) is 6.92. The fourth-order valence-electron chi connectivity index (χ4n) is 19.0. The molecule has 1 saturated carbocycles. The van der Waals surface area contributed by atoms with E-state index < -0.39 is 0 Å². The first-order chi connectivity index (χ1) is 44.0. The lowest BCUT2D eigenvalue weighted by molar-refractivity contribution is 0.195. The molecular weight excluding hydrogens is 1150 g/mol. The number of rotatable bonds is 4. The Bertz CT molecular complexity index is 5180. The summed E-state index contributed by atoms with van der Waals surface area (Å²) >= 11 is 3.88. The van der Waals surface area contributed by atoms with Crippen molar-refractivity contribution in [2.45, 2.75) is 167 Å². The maximum absolute atomic E-state index is 2.88. The molecule has 0 bridgehead atoms. The van der Waals surface area contributed by atoms with Gasteiger partial charge in [-0.15, -0.1) is 22.7 Å². The lowest BCUT2D eigenvalue weighted by Crippen LogP contribution is -2.62. The lowest BCUT2D eigenvalue weighted by Gasteiger charge is -2.52. The minimum Gasteiger partial charge on any atom is -0.334 e. The maximum atomic E-state index is 2.88. The van der Waals surface area contributed by atoms with Crippen molar-refractivity contribution in [1.29, 1.82) is 0 Å². The van der Waals surface area contributed by atoms with Gasteiger partial charge in [0.25, 0.3) is 6.71 Å². The van der Waals surface area contributed by atoms with Crippen molar-refractivity contribution < 1.29 is 0 Å². The first kappa shape index (κ1) is 56.8. The van der Waals surface area contributed by atoms with Gasteiger partial charge in [0.15, 0.2) is 0 Å². The Morgan fingerprint density at radius 3 is 1.61 bits per heavy atom. The Balaban J connectivity index is 1.00. The summed E-state index contributed by atoms with van der Waals surface area (Å²) in [5.41, 5.74) is 27.7. The molecule has 3 aliphatic heterocycles. The smallest absolute Gasteiger partial charge is 0.252 e. The zero-order valence-electron chi connectivity index (χ0n) is 55.9.